The summed E-state index contributed by atoms with van der Waals surface area (Å²) >= 11 is 0. The molecule has 19 heavy (non-hydrogen) atoms. The standard InChI is InChI=1S/C14H23NO4/c1-5-18-12(16)11-8-6-7-9-15(10-11)13(17)19-14(2,3)4/h6-7,11H,5,8-10H2,1-4H3/t11-/m1/s1. The van der Waals surface area contributed by atoms with Gasteiger partial charge in [0.25, 0.3) is 0 Å². The van der Waals surface area contributed by atoms with Gasteiger partial charge in [0.2, 0.25) is 0 Å². The normalized spacial score (nSPS) is 19.8. The Labute approximate surface area is 114 Å². The number of hydrogen-bond donors (Lipinski definition) is 0. The first-order valence-electron chi connectivity index (χ1n) is 6.63. The molecule has 0 spiro atoms. The van der Waals surface area contributed by atoms with Crippen molar-refractivity contribution >= 4 is 12.1 Å². The third kappa shape index (κ3) is 5.32. The van der Waals surface area contributed by atoms with Crippen LogP contribution in [0, 0.1) is 5.92 Å². The molecule has 1 heterocycles. The van der Waals surface area contributed by atoms with Crippen molar-refractivity contribution in [2.45, 2.75) is 39.7 Å². The van der Waals surface area contributed by atoms with Crippen molar-refractivity contribution in [2.75, 3.05) is 19.7 Å². The van der Waals surface area contributed by atoms with Gasteiger partial charge in [0, 0.05) is 13.1 Å². The molecular weight excluding hydrogens is 246 g/mol. The van der Waals surface area contributed by atoms with Gasteiger partial charge < -0.3 is 14.4 Å². The van der Waals surface area contributed by atoms with E-state index in [9.17, 15) is 9.59 Å². The van der Waals surface area contributed by atoms with E-state index in [4.69, 9.17) is 9.47 Å². The first kappa shape index (κ1) is 15.5. The van der Waals surface area contributed by atoms with E-state index in [1.54, 1.807) is 6.92 Å². The summed E-state index contributed by atoms with van der Waals surface area (Å²) in [5.74, 6) is -0.575. The molecule has 1 amide bonds. The van der Waals surface area contributed by atoms with Crippen LogP contribution in [-0.2, 0) is 14.3 Å². The predicted molar refractivity (Wildman–Crippen MR) is 71.7 cm³/mol. The van der Waals surface area contributed by atoms with Crippen LogP contribution in [0.25, 0.3) is 0 Å². The van der Waals surface area contributed by atoms with Crippen LogP contribution in [0.4, 0.5) is 4.79 Å². The molecule has 1 atom stereocenters. The monoisotopic (exact) mass is 269 g/mol. The van der Waals surface area contributed by atoms with Crippen LogP contribution < -0.4 is 0 Å². The maximum absolute atomic E-state index is 12.0. The summed E-state index contributed by atoms with van der Waals surface area (Å²) in [5.41, 5.74) is -0.535. The lowest BCUT2D eigenvalue weighted by atomic mass is 10.1. The lowest BCUT2D eigenvalue weighted by molar-refractivity contribution is -0.148. The SMILES string of the molecule is CCOC(=O)[C@@H]1CC=CCN(C(=O)OC(C)(C)C)C1. The van der Waals surface area contributed by atoms with Crippen LogP contribution in [0.1, 0.15) is 34.1 Å². The minimum absolute atomic E-state index is 0.261. The van der Waals surface area contributed by atoms with Crippen LogP contribution in [0.5, 0.6) is 0 Å². The number of hydrogen-bond acceptors (Lipinski definition) is 4. The Hall–Kier alpha value is -1.52. The van der Waals surface area contributed by atoms with E-state index in [1.165, 1.54) is 4.90 Å². The summed E-state index contributed by atoms with van der Waals surface area (Å²) in [4.78, 5) is 25.3. The zero-order valence-corrected chi connectivity index (χ0v) is 12.1. The molecule has 0 fully saturated rings. The number of carbonyl (C=O) groups excluding carboxylic acids is 2. The lowest BCUT2D eigenvalue weighted by Gasteiger charge is -2.27. The zero-order chi connectivity index (χ0) is 14.5. The average molecular weight is 269 g/mol. The largest absolute Gasteiger partial charge is 0.466 e. The Morgan fingerprint density at radius 1 is 1.32 bits per heavy atom. The van der Waals surface area contributed by atoms with E-state index in [0.29, 0.717) is 26.1 Å². The highest BCUT2D eigenvalue weighted by atomic mass is 16.6. The minimum Gasteiger partial charge on any atom is -0.466 e. The Bertz CT molecular complexity index is 357. The highest BCUT2D eigenvalue weighted by Gasteiger charge is 2.28. The number of carbonyl (C=O) groups is 2. The molecule has 0 unspecified atom stereocenters. The first-order valence-corrected chi connectivity index (χ1v) is 6.63. The van der Waals surface area contributed by atoms with Crippen LogP contribution in [0.2, 0.25) is 0 Å². The topological polar surface area (TPSA) is 55.8 Å². The second kappa shape index (κ2) is 6.59. The number of esters is 1. The van der Waals surface area contributed by atoms with Crippen molar-refractivity contribution in [3.63, 3.8) is 0 Å². The highest BCUT2D eigenvalue weighted by Crippen LogP contribution is 2.16. The summed E-state index contributed by atoms with van der Waals surface area (Å²) in [6.45, 7) is 8.39. The Morgan fingerprint density at radius 2 is 2.00 bits per heavy atom. The van der Waals surface area contributed by atoms with Gasteiger partial charge in [-0.2, -0.15) is 0 Å². The zero-order valence-electron chi connectivity index (χ0n) is 12.1. The highest BCUT2D eigenvalue weighted by molar-refractivity contribution is 5.75. The van der Waals surface area contributed by atoms with Gasteiger partial charge in [-0.25, -0.2) is 4.79 Å². The molecule has 108 valence electrons. The van der Waals surface area contributed by atoms with Gasteiger partial charge in [0.15, 0.2) is 0 Å². The maximum Gasteiger partial charge on any atom is 0.410 e. The van der Waals surface area contributed by atoms with E-state index in [1.807, 2.05) is 32.9 Å². The van der Waals surface area contributed by atoms with E-state index in [0.717, 1.165) is 0 Å². The molecule has 5 heteroatoms. The van der Waals surface area contributed by atoms with Crippen molar-refractivity contribution < 1.29 is 19.1 Å². The summed E-state index contributed by atoms with van der Waals surface area (Å²) in [5, 5.41) is 0. The van der Waals surface area contributed by atoms with E-state index < -0.39 is 11.7 Å². The van der Waals surface area contributed by atoms with Crippen molar-refractivity contribution in [3.8, 4) is 0 Å². The molecule has 0 aromatic rings. The molecule has 5 nitrogen and oxygen atoms in total. The third-order valence-electron chi connectivity index (χ3n) is 2.63. The molecule has 1 rings (SSSR count). The van der Waals surface area contributed by atoms with Crippen molar-refractivity contribution in [1.82, 2.24) is 4.90 Å². The maximum atomic E-state index is 12.0. The molecule has 0 aromatic carbocycles. The Balaban J connectivity index is 2.66. The van der Waals surface area contributed by atoms with E-state index in [-0.39, 0.29) is 11.9 Å². The molecule has 1 aliphatic rings. The second-order valence-corrected chi connectivity index (χ2v) is 5.54. The number of ether oxygens (including phenoxy) is 2. The van der Waals surface area contributed by atoms with Gasteiger partial charge in [-0.15, -0.1) is 0 Å². The summed E-state index contributed by atoms with van der Waals surface area (Å²) < 4.78 is 10.3. The molecule has 0 aromatic heterocycles. The first-order chi connectivity index (χ1) is 8.83. The summed E-state index contributed by atoms with van der Waals surface area (Å²) in [7, 11) is 0. The van der Waals surface area contributed by atoms with Crippen molar-refractivity contribution in [3.05, 3.63) is 12.2 Å². The number of nitrogens with zero attached hydrogens (tertiary/aromatic N) is 1. The minimum atomic E-state index is -0.535. The molecule has 0 aliphatic carbocycles. The lowest BCUT2D eigenvalue weighted by Crippen LogP contribution is -2.40. The van der Waals surface area contributed by atoms with Gasteiger partial charge in [0.05, 0.1) is 12.5 Å². The Morgan fingerprint density at radius 3 is 2.58 bits per heavy atom. The summed E-state index contributed by atoms with van der Waals surface area (Å²) in [6, 6.07) is 0. The number of rotatable bonds is 2. The van der Waals surface area contributed by atoms with Crippen LogP contribution >= 0.6 is 0 Å². The third-order valence-corrected chi connectivity index (χ3v) is 2.63. The molecular formula is C14H23NO4. The molecule has 1 aliphatic heterocycles. The second-order valence-electron chi connectivity index (χ2n) is 5.54. The molecule has 0 saturated carbocycles. The van der Waals surface area contributed by atoms with Gasteiger partial charge in [0.1, 0.15) is 5.60 Å². The fourth-order valence-corrected chi connectivity index (χ4v) is 1.78. The quantitative estimate of drug-likeness (QED) is 0.570. The van der Waals surface area contributed by atoms with Crippen LogP contribution in [-0.4, -0.2) is 42.3 Å². The fourth-order valence-electron chi connectivity index (χ4n) is 1.78. The number of amides is 1. The van der Waals surface area contributed by atoms with Gasteiger partial charge >= 0.3 is 12.1 Å². The average Bonchev–Trinajstić information content (AvgIpc) is 2.52. The fraction of sp³-hybridized carbons (Fsp3) is 0.714. The van der Waals surface area contributed by atoms with Crippen LogP contribution in [0.15, 0.2) is 12.2 Å². The van der Waals surface area contributed by atoms with E-state index >= 15 is 0 Å². The Kier molecular flexibility index (Phi) is 5.39. The van der Waals surface area contributed by atoms with Crippen LogP contribution in [0.3, 0.4) is 0 Å². The summed E-state index contributed by atoms with van der Waals surface area (Å²) in [6.07, 6.45) is 3.99. The predicted octanol–water partition coefficient (Wildman–Crippen LogP) is 2.36. The smallest absolute Gasteiger partial charge is 0.410 e. The van der Waals surface area contributed by atoms with Gasteiger partial charge in [-0.1, -0.05) is 12.2 Å². The molecule has 0 radical (unpaired) electrons. The molecule has 0 bridgehead atoms. The van der Waals surface area contributed by atoms with Gasteiger partial charge in [-0.05, 0) is 34.1 Å². The van der Waals surface area contributed by atoms with Gasteiger partial charge in [-0.3, -0.25) is 4.79 Å². The number of allylic oxidation sites excluding steroid dienone is 1. The van der Waals surface area contributed by atoms with Crippen molar-refractivity contribution in [1.29, 1.82) is 0 Å². The van der Waals surface area contributed by atoms with E-state index in [2.05, 4.69) is 0 Å². The molecule has 0 N–H and O–H groups in total. The van der Waals surface area contributed by atoms with Crippen molar-refractivity contribution in [2.24, 2.45) is 5.92 Å². The molecule has 0 saturated heterocycles.